The average Bonchev–Trinajstić information content (AvgIpc) is 3.52. The molecule has 0 amide bonds. The van der Waals surface area contributed by atoms with E-state index < -0.39 is 0 Å². The molecule has 0 spiro atoms. The molecule has 0 radical (unpaired) electrons. The molecule has 0 saturated heterocycles. The van der Waals surface area contributed by atoms with Gasteiger partial charge >= 0.3 is 0 Å². The van der Waals surface area contributed by atoms with Crippen molar-refractivity contribution in [1.82, 2.24) is 20.2 Å². The van der Waals surface area contributed by atoms with Gasteiger partial charge in [0, 0.05) is 19.2 Å². The molecular weight excluding hydrogens is 362 g/mol. The number of hydrogen-bond donors (Lipinski definition) is 2. The molecule has 2 aromatic carbocycles. The average molecular weight is 392 g/mol. The van der Waals surface area contributed by atoms with E-state index in [2.05, 4.69) is 34.3 Å². The summed E-state index contributed by atoms with van der Waals surface area (Å²) in [7, 11) is 2.05. The molecule has 2 N–H and O–H groups in total. The van der Waals surface area contributed by atoms with Crippen LogP contribution in [0.2, 0.25) is 0 Å². The first-order chi connectivity index (χ1) is 14.2. The number of guanidine groups is 1. The Hall–Kier alpha value is -3.02. The third-order valence-corrected chi connectivity index (χ3v) is 5.19. The van der Waals surface area contributed by atoms with Crippen LogP contribution in [0.3, 0.4) is 0 Å². The van der Waals surface area contributed by atoms with E-state index >= 15 is 0 Å². The van der Waals surface area contributed by atoms with E-state index in [9.17, 15) is 0 Å². The van der Waals surface area contributed by atoms with Gasteiger partial charge in [0.15, 0.2) is 5.96 Å². The zero-order valence-electron chi connectivity index (χ0n) is 17.2. The number of ether oxygens (including phenoxy) is 1. The lowest BCUT2D eigenvalue weighted by Gasteiger charge is -2.13. The van der Waals surface area contributed by atoms with Gasteiger partial charge in [-0.05, 0) is 43.9 Å². The highest BCUT2D eigenvalue weighted by molar-refractivity contribution is 5.80. The van der Waals surface area contributed by atoms with Crippen molar-refractivity contribution in [3.63, 3.8) is 0 Å². The van der Waals surface area contributed by atoms with Crippen molar-refractivity contribution >= 4 is 17.0 Å². The summed E-state index contributed by atoms with van der Waals surface area (Å²) in [6.07, 6.45) is 2.58. The van der Waals surface area contributed by atoms with Gasteiger partial charge < -0.3 is 19.9 Å². The number of nitrogens with one attached hydrogen (secondary N) is 2. The fraction of sp³-hybridized carbons (Fsp3) is 0.391. The van der Waals surface area contributed by atoms with Crippen LogP contribution in [0.1, 0.15) is 31.2 Å². The molecule has 1 fully saturated rings. The zero-order valence-corrected chi connectivity index (χ0v) is 17.2. The molecule has 0 atom stereocenters. The quantitative estimate of drug-likeness (QED) is 0.455. The lowest BCUT2D eigenvalue weighted by molar-refractivity contribution is 0.297. The van der Waals surface area contributed by atoms with Crippen LogP contribution < -0.4 is 15.4 Å². The molecule has 1 aliphatic rings. The molecular formula is C23H29N5O. The minimum Gasteiger partial charge on any atom is -0.493 e. The summed E-state index contributed by atoms with van der Waals surface area (Å²) in [5.74, 6) is 3.43. The molecule has 1 heterocycles. The summed E-state index contributed by atoms with van der Waals surface area (Å²) < 4.78 is 8.13. The molecule has 1 saturated carbocycles. The number of rotatable bonds is 8. The highest BCUT2D eigenvalue weighted by Gasteiger charge is 2.22. The van der Waals surface area contributed by atoms with E-state index in [0.717, 1.165) is 53.2 Å². The maximum absolute atomic E-state index is 6.01. The predicted octanol–water partition coefficient (Wildman–Crippen LogP) is 3.62. The van der Waals surface area contributed by atoms with Crippen LogP contribution in [0, 0.1) is 5.92 Å². The maximum atomic E-state index is 6.01. The van der Waals surface area contributed by atoms with Crippen LogP contribution in [0.15, 0.2) is 53.5 Å². The Morgan fingerprint density at radius 3 is 2.72 bits per heavy atom. The molecule has 6 heteroatoms. The van der Waals surface area contributed by atoms with E-state index in [1.54, 1.807) is 0 Å². The fourth-order valence-corrected chi connectivity index (χ4v) is 3.29. The maximum Gasteiger partial charge on any atom is 0.191 e. The number of fused-ring (bicyclic) bond motifs is 1. The number of hydrogen-bond acceptors (Lipinski definition) is 3. The summed E-state index contributed by atoms with van der Waals surface area (Å²) in [6, 6.07) is 16.4. The van der Waals surface area contributed by atoms with Gasteiger partial charge in [-0.15, -0.1) is 0 Å². The Bertz CT molecular complexity index is 990. The van der Waals surface area contributed by atoms with Crippen LogP contribution in [-0.2, 0) is 20.1 Å². The van der Waals surface area contributed by atoms with Crippen LogP contribution in [0.25, 0.3) is 11.0 Å². The number of imidazole rings is 1. The van der Waals surface area contributed by atoms with Crippen LogP contribution in [-0.4, -0.2) is 28.7 Å². The van der Waals surface area contributed by atoms with E-state index in [1.165, 1.54) is 12.8 Å². The SMILES string of the molecule is CCNC(=NCc1ccccc1OCC1CC1)NCc1nc2ccccc2n1C. The van der Waals surface area contributed by atoms with Gasteiger partial charge in [0.25, 0.3) is 0 Å². The lowest BCUT2D eigenvalue weighted by Crippen LogP contribution is -2.37. The second-order valence-corrected chi connectivity index (χ2v) is 7.49. The third-order valence-electron chi connectivity index (χ3n) is 5.19. The Morgan fingerprint density at radius 2 is 1.93 bits per heavy atom. The number of aliphatic imine (C=N–C) groups is 1. The van der Waals surface area contributed by atoms with Crippen molar-refractivity contribution in [2.75, 3.05) is 13.2 Å². The molecule has 1 aromatic heterocycles. The first kappa shape index (κ1) is 19.3. The van der Waals surface area contributed by atoms with Crippen molar-refractivity contribution in [2.24, 2.45) is 18.0 Å². The summed E-state index contributed by atoms with van der Waals surface area (Å²) in [5.41, 5.74) is 3.25. The fourth-order valence-electron chi connectivity index (χ4n) is 3.29. The second-order valence-electron chi connectivity index (χ2n) is 7.49. The van der Waals surface area contributed by atoms with E-state index in [0.29, 0.717) is 13.1 Å². The molecule has 6 nitrogen and oxygen atoms in total. The van der Waals surface area contributed by atoms with Crippen LogP contribution in [0.5, 0.6) is 5.75 Å². The first-order valence-electron chi connectivity index (χ1n) is 10.4. The van der Waals surface area contributed by atoms with Gasteiger partial charge in [-0.2, -0.15) is 0 Å². The highest BCUT2D eigenvalue weighted by atomic mass is 16.5. The largest absolute Gasteiger partial charge is 0.493 e. The standard InChI is InChI=1S/C23H29N5O/c1-3-24-23(26-15-22-27-19-9-5-6-10-20(19)28(22)2)25-14-18-8-4-7-11-21(18)29-16-17-12-13-17/h4-11,17H,3,12-16H2,1-2H3,(H2,24,25,26). The number of aromatic nitrogens is 2. The summed E-state index contributed by atoms with van der Waals surface area (Å²) >= 11 is 0. The lowest BCUT2D eigenvalue weighted by atomic mass is 10.2. The van der Waals surface area contributed by atoms with E-state index in [-0.39, 0.29) is 0 Å². The van der Waals surface area contributed by atoms with Gasteiger partial charge in [-0.1, -0.05) is 30.3 Å². The van der Waals surface area contributed by atoms with Crippen molar-refractivity contribution in [3.05, 3.63) is 59.9 Å². The van der Waals surface area contributed by atoms with Crippen LogP contribution in [0.4, 0.5) is 0 Å². The molecule has 4 rings (SSSR count). The Kier molecular flexibility index (Phi) is 5.98. The van der Waals surface area contributed by atoms with E-state index in [1.807, 2.05) is 43.4 Å². The zero-order chi connectivity index (χ0) is 20.1. The van der Waals surface area contributed by atoms with Crippen molar-refractivity contribution in [3.8, 4) is 5.75 Å². The summed E-state index contributed by atoms with van der Waals surface area (Å²) in [6.45, 7) is 4.86. The molecule has 29 heavy (non-hydrogen) atoms. The van der Waals surface area contributed by atoms with Crippen LogP contribution >= 0.6 is 0 Å². The minimum absolute atomic E-state index is 0.568. The van der Waals surface area contributed by atoms with E-state index in [4.69, 9.17) is 14.7 Å². The van der Waals surface area contributed by atoms with Gasteiger partial charge in [0.2, 0.25) is 0 Å². The monoisotopic (exact) mass is 391 g/mol. The van der Waals surface area contributed by atoms with Crippen molar-refractivity contribution in [2.45, 2.75) is 32.9 Å². The van der Waals surface area contributed by atoms with Gasteiger partial charge in [0.05, 0.1) is 30.7 Å². The topological polar surface area (TPSA) is 63.5 Å². The predicted molar refractivity (Wildman–Crippen MR) is 117 cm³/mol. The molecule has 1 aliphatic carbocycles. The number of benzene rings is 2. The Balaban J connectivity index is 1.43. The minimum atomic E-state index is 0.568. The number of nitrogens with zero attached hydrogens (tertiary/aromatic N) is 3. The van der Waals surface area contributed by atoms with Crippen molar-refractivity contribution in [1.29, 1.82) is 0 Å². The number of para-hydroxylation sites is 3. The molecule has 0 aliphatic heterocycles. The van der Waals surface area contributed by atoms with Gasteiger partial charge in [-0.3, -0.25) is 0 Å². The van der Waals surface area contributed by atoms with Gasteiger partial charge in [-0.25, -0.2) is 9.98 Å². The summed E-state index contributed by atoms with van der Waals surface area (Å²) in [5, 5.41) is 6.72. The third kappa shape index (κ3) is 4.88. The first-order valence-corrected chi connectivity index (χ1v) is 10.4. The Labute approximate surface area is 172 Å². The summed E-state index contributed by atoms with van der Waals surface area (Å²) in [4.78, 5) is 9.48. The highest BCUT2D eigenvalue weighted by Crippen LogP contribution is 2.30. The molecule has 0 unspecified atom stereocenters. The Morgan fingerprint density at radius 1 is 1.14 bits per heavy atom. The molecule has 152 valence electrons. The molecule has 3 aromatic rings. The number of aryl methyl sites for hydroxylation is 1. The van der Waals surface area contributed by atoms with Crippen molar-refractivity contribution < 1.29 is 4.74 Å². The smallest absolute Gasteiger partial charge is 0.191 e. The normalized spacial score (nSPS) is 14.2. The van der Waals surface area contributed by atoms with Gasteiger partial charge in [0.1, 0.15) is 11.6 Å². The molecule has 0 bridgehead atoms. The second kappa shape index (κ2) is 8.99.